The smallest absolute Gasteiger partial charge is 0.162 e. The molecule has 4 nitrogen and oxygen atoms in total. The standard InChI is InChI=1S/C10H20NO3/c1-4-9(12)8(11)7-10(13-5-2)14-6-3/h9-11H,4-7H2,1-3H3. The predicted molar refractivity (Wildman–Crippen MR) is 54.1 cm³/mol. The zero-order valence-electron chi connectivity index (χ0n) is 9.21. The highest BCUT2D eigenvalue weighted by molar-refractivity contribution is 5.85. The zero-order chi connectivity index (χ0) is 11.0. The van der Waals surface area contributed by atoms with E-state index in [0.717, 1.165) is 0 Å². The fourth-order valence-electron chi connectivity index (χ4n) is 1.10. The summed E-state index contributed by atoms with van der Waals surface area (Å²) in [6.07, 6.45) is -0.619. The van der Waals surface area contributed by atoms with E-state index in [2.05, 4.69) is 0 Å². The number of nitrogens with one attached hydrogen (secondary N) is 1. The summed E-state index contributed by atoms with van der Waals surface area (Å²) in [7, 11) is 0. The fraction of sp³-hybridized carbons (Fsp3) is 0.900. The Bertz CT molecular complexity index is 155. The van der Waals surface area contributed by atoms with E-state index in [1.54, 1.807) is 6.92 Å². The molecule has 0 aromatic rings. The van der Waals surface area contributed by atoms with Gasteiger partial charge in [0, 0.05) is 25.3 Å². The zero-order valence-corrected chi connectivity index (χ0v) is 9.21. The van der Waals surface area contributed by atoms with E-state index in [1.807, 2.05) is 13.8 Å². The quantitative estimate of drug-likeness (QED) is 0.483. The van der Waals surface area contributed by atoms with Crippen LogP contribution in [0.5, 0.6) is 0 Å². The molecule has 1 radical (unpaired) electrons. The van der Waals surface area contributed by atoms with Crippen molar-refractivity contribution in [3.8, 4) is 0 Å². The van der Waals surface area contributed by atoms with Crippen molar-refractivity contribution in [1.29, 1.82) is 5.41 Å². The summed E-state index contributed by atoms with van der Waals surface area (Å²) in [5, 5.41) is 18.7. The predicted octanol–water partition coefficient (Wildman–Crippen LogP) is 2.00. The van der Waals surface area contributed by atoms with Gasteiger partial charge in [-0.2, -0.15) is 0 Å². The van der Waals surface area contributed by atoms with Gasteiger partial charge in [0.05, 0.1) is 0 Å². The lowest BCUT2D eigenvalue weighted by atomic mass is 10.1. The van der Waals surface area contributed by atoms with Crippen LogP contribution in [0, 0.1) is 5.41 Å². The lowest BCUT2D eigenvalue weighted by Gasteiger charge is -2.18. The van der Waals surface area contributed by atoms with E-state index in [0.29, 0.717) is 19.6 Å². The van der Waals surface area contributed by atoms with Gasteiger partial charge in [0.2, 0.25) is 0 Å². The maximum Gasteiger partial charge on any atom is 0.162 e. The van der Waals surface area contributed by atoms with Crippen LogP contribution in [0.25, 0.3) is 0 Å². The molecule has 0 aliphatic rings. The minimum absolute atomic E-state index is 0.166. The molecule has 0 saturated carbocycles. The van der Waals surface area contributed by atoms with Crippen molar-refractivity contribution in [2.75, 3.05) is 13.2 Å². The molecule has 1 atom stereocenters. The molecular weight excluding hydrogens is 182 g/mol. The van der Waals surface area contributed by atoms with Crippen molar-refractivity contribution in [3.05, 3.63) is 0 Å². The molecule has 0 saturated heterocycles. The second kappa shape index (κ2) is 7.91. The molecule has 1 N–H and O–H groups in total. The van der Waals surface area contributed by atoms with Crippen LogP contribution in [0.2, 0.25) is 0 Å². The highest BCUT2D eigenvalue weighted by Gasteiger charge is 2.17. The molecule has 0 aliphatic heterocycles. The Morgan fingerprint density at radius 3 is 2.07 bits per heavy atom. The molecule has 0 amide bonds. The Hall–Kier alpha value is -0.450. The Morgan fingerprint density at radius 1 is 1.21 bits per heavy atom. The minimum Gasteiger partial charge on any atom is -0.353 e. The molecule has 0 aromatic heterocycles. The lowest BCUT2D eigenvalue weighted by Crippen LogP contribution is -2.26. The van der Waals surface area contributed by atoms with Crippen LogP contribution in [0.15, 0.2) is 0 Å². The summed E-state index contributed by atoms with van der Waals surface area (Å²) in [6.45, 7) is 6.58. The van der Waals surface area contributed by atoms with Gasteiger partial charge >= 0.3 is 0 Å². The maximum atomic E-state index is 11.2. The number of rotatable bonds is 8. The average Bonchev–Trinajstić information content (AvgIpc) is 2.17. The van der Waals surface area contributed by atoms with Gasteiger partial charge in [-0.05, 0) is 20.3 Å². The molecular formula is C10H20NO3. The van der Waals surface area contributed by atoms with Crippen molar-refractivity contribution in [3.63, 3.8) is 0 Å². The van der Waals surface area contributed by atoms with E-state index < -0.39 is 12.4 Å². The number of hydrogen-bond acceptors (Lipinski definition) is 3. The second-order valence-corrected chi connectivity index (χ2v) is 2.97. The van der Waals surface area contributed by atoms with Gasteiger partial charge in [-0.15, -0.1) is 0 Å². The van der Waals surface area contributed by atoms with Crippen molar-refractivity contribution >= 4 is 5.71 Å². The summed E-state index contributed by atoms with van der Waals surface area (Å²) in [4.78, 5) is 0. The summed E-state index contributed by atoms with van der Waals surface area (Å²) in [5.41, 5.74) is 0.166. The van der Waals surface area contributed by atoms with Gasteiger partial charge in [-0.1, -0.05) is 6.92 Å². The highest BCUT2D eigenvalue weighted by atomic mass is 16.7. The third-order valence-corrected chi connectivity index (χ3v) is 1.85. The van der Waals surface area contributed by atoms with Gasteiger partial charge in [0.1, 0.15) is 6.10 Å². The summed E-state index contributed by atoms with van der Waals surface area (Å²) >= 11 is 0. The van der Waals surface area contributed by atoms with Crippen LogP contribution < -0.4 is 0 Å². The Balaban J connectivity index is 3.94. The summed E-state index contributed by atoms with van der Waals surface area (Å²) in [6, 6.07) is 0. The van der Waals surface area contributed by atoms with Gasteiger partial charge in [-0.25, -0.2) is 5.11 Å². The van der Waals surface area contributed by atoms with E-state index in [1.165, 1.54) is 0 Å². The number of hydrogen-bond donors (Lipinski definition) is 1. The molecule has 1 unspecified atom stereocenters. The van der Waals surface area contributed by atoms with E-state index >= 15 is 0 Å². The third-order valence-electron chi connectivity index (χ3n) is 1.85. The van der Waals surface area contributed by atoms with Crippen molar-refractivity contribution in [1.82, 2.24) is 0 Å². The normalized spacial score (nSPS) is 13.2. The monoisotopic (exact) mass is 202 g/mol. The minimum atomic E-state index is -0.918. The van der Waals surface area contributed by atoms with Gasteiger partial charge in [-0.3, -0.25) is 0 Å². The molecule has 0 rings (SSSR count). The topological polar surface area (TPSA) is 62.2 Å². The van der Waals surface area contributed by atoms with E-state index in [4.69, 9.17) is 14.9 Å². The van der Waals surface area contributed by atoms with Gasteiger partial charge < -0.3 is 14.9 Å². The van der Waals surface area contributed by atoms with Crippen LogP contribution in [0.3, 0.4) is 0 Å². The van der Waals surface area contributed by atoms with Crippen molar-refractivity contribution < 1.29 is 14.6 Å². The van der Waals surface area contributed by atoms with Gasteiger partial charge in [0.25, 0.3) is 0 Å². The van der Waals surface area contributed by atoms with E-state index in [-0.39, 0.29) is 12.1 Å². The maximum absolute atomic E-state index is 11.2. The Morgan fingerprint density at radius 2 is 1.71 bits per heavy atom. The van der Waals surface area contributed by atoms with Crippen LogP contribution in [0.4, 0.5) is 0 Å². The Labute approximate surface area is 85.7 Å². The van der Waals surface area contributed by atoms with Crippen LogP contribution in [-0.2, 0) is 14.6 Å². The molecule has 0 aromatic carbocycles. The number of ether oxygens (including phenoxy) is 2. The van der Waals surface area contributed by atoms with Crippen LogP contribution in [0.1, 0.15) is 33.6 Å². The fourth-order valence-corrected chi connectivity index (χ4v) is 1.10. The van der Waals surface area contributed by atoms with Gasteiger partial charge in [0.15, 0.2) is 6.29 Å². The average molecular weight is 202 g/mol. The first kappa shape index (κ1) is 13.5. The highest BCUT2D eigenvalue weighted by Crippen LogP contribution is 2.06. The van der Waals surface area contributed by atoms with Crippen molar-refractivity contribution in [2.45, 2.75) is 46.0 Å². The molecule has 83 valence electrons. The molecule has 0 heterocycles. The van der Waals surface area contributed by atoms with E-state index in [9.17, 15) is 5.11 Å². The Kier molecular flexibility index (Phi) is 7.65. The first-order valence-electron chi connectivity index (χ1n) is 5.11. The molecule has 14 heavy (non-hydrogen) atoms. The molecule has 0 fully saturated rings. The molecule has 4 heteroatoms. The third kappa shape index (κ3) is 5.32. The SMILES string of the molecule is CCOC(CC(=N)C([O])CC)OCC. The second-order valence-electron chi connectivity index (χ2n) is 2.97. The van der Waals surface area contributed by atoms with Crippen LogP contribution in [-0.4, -0.2) is 31.3 Å². The lowest BCUT2D eigenvalue weighted by molar-refractivity contribution is -0.131. The molecule has 0 spiro atoms. The first-order valence-corrected chi connectivity index (χ1v) is 5.11. The first-order chi connectivity index (χ1) is 6.65. The van der Waals surface area contributed by atoms with Crippen LogP contribution >= 0.6 is 0 Å². The molecule has 0 aliphatic carbocycles. The summed E-state index contributed by atoms with van der Waals surface area (Å²) in [5.74, 6) is 0. The summed E-state index contributed by atoms with van der Waals surface area (Å²) < 4.78 is 10.5. The largest absolute Gasteiger partial charge is 0.353 e. The molecule has 0 bridgehead atoms. The van der Waals surface area contributed by atoms with Crippen molar-refractivity contribution in [2.24, 2.45) is 0 Å².